The lowest BCUT2D eigenvalue weighted by Crippen LogP contribution is -2.32. The van der Waals surface area contributed by atoms with Gasteiger partial charge in [0.15, 0.2) is 5.82 Å². The van der Waals surface area contributed by atoms with Gasteiger partial charge in [0, 0.05) is 43.5 Å². The average Bonchev–Trinajstić information content (AvgIpc) is 3.10. The number of anilines is 2. The van der Waals surface area contributed by atoms with E-state index in [4.69, 9.17) is 9.72 Å². The lowest BCUT2D eigenvalue weighted by Gasteiger charge is -2.31. The molecule has 2 fully saturated rings. The number of nitrogens with one attached hydrogen (secondary N) is 1. The van der Waals surface area contributed by atoms with Gasteiger partial charge in [-0.05, 0) is 58.1 Å². The topological polar surface area (TPSA) is 76.1 Å². The molecule has 2 aliphatic rings. The van der Waals surface area contributed by atoms with Crippen LogP contribution in [0.4, 0.5) is 11.8 Å². The lowest BCUT2D eigenvalue weighted by atomic mass is 9.99. The van der Waals surface area contributed by atoms with Crippen LogP contribution in [-0.2, 0) is 4.74 Å². The van der Waals surface area contributed by atoms with E-state index in [2.05, 4.69) is 25.2 Å². The second kappa shape index (κ2) is 8.27. The van der Waals surface area contributed by atoms with Crippen molar-refractivity contribution in [2.75, 3.05) is 31.6 Å². The fourth-order valence-electron chi connectivity index (χ4n) is 4.19. The molecule has 0 aromatic carbocycles. The first kappa shape index (κ1) is 18.3. The molecular weight excluding hydrogens is 340 g/mol. The van der Waals surface area contributed by atoms with Crippen molar-refractivity contribution in [1.82, 2.24) is 24.8 Å². The Morgan fingerprint density at radius 1 is 1.07 bits per heavy atom. The fourth-order valence-corrected chi connectivity index (χ4v) is 4.19. The summed E-state index contributed by atoms with van der Waals surface area (Å²) in [4.78, 5) is 20.8. The summed E-state index contributed by atoms with van der Waals surface area (Å²) in [5.41, 5.74) is 2.89. The summed E-state index contributed by atoms with van der Waals surface area (Å²) in [6.45, 7) is 7.98. The zero-order valence-electron chi connectivity index (χ0n) is 16.2. The minimum atomic E-state index is 0.301. The number of hydrogen-bond donors (Lipinski definition) is 1. The summed E-state index contributed by atoms with van der Waals surface area (Å²) in [5.74, 6) is 2.07. The maximum absolute atomic E-state index is 5.52. The van der Waals surface area contributed by atoms with E-state index in [-0.39, 0.29) is 0 Å². The predicted octanol–water partition coefficient (Wildman–Crippen LogP) is 3.19. The van der Waals surface area contributed by atoms with E-state index < -0.39 is 0 Å². The Balaban J connectivity index is 1.54. The Morgan fingerprint density at radius 3 is 2.59 bits per heavy atom. The quantitative estimate of drug-likeness (QED) is 0.868. The van der Waals surface area contributed by atoms with Crippen LogP contribution in [0.2, 0.25) is 0 Å². The van der Waals surface area contributed by atoms with Gasteiger partial charge in [-0.15, -0.1) is 0 Å². The molecule has 144 valence electrons. The molecule has 27 heavy (non-hydrogen) atoms. The first-order valence-electron chi connectivity index (χ1n) is 9.91. The molecule has 0 saturated carbocycles. The van der Waals surface area contributed by atoms with Crippen molar-refractivity contribution >= 4 is 11.8 Å². The third-order valence-electron chi connectivity index (χ3n) is 5.45. The van der Waals surface area contributed by atoms with Crippen molar-refractivity contribution in [3.8, 4) is 0 Å². The van der Waals surface area contributed by atoms with Crippen LogP contribution in [0.15, 0.2) is 18.5 Å². The predicted molar refractivity (Wildman–Crippen MR) is 104 cm³/mol. The summed E-state index contributed by atoms with van der Waals surface area (Å²) in [5, 5.41) is 3.31. The van der Waals surface area contributed by atoms with Gasteiger partial charge in [-0.25, -0.2) is 15.0 Å². The third kappa shape index (κ3) is 4.42. The number of nitrogens with zero attached hydrogens (tertiary/aromatic N) is 5. The monoisotopic (exact) mass is 368 g/mol. The molecule has 0 amide bonds. The van der Waals surface area contributed by atoms with Crippen molar-refractivity contribution in [2.24, 2.45) is 5.92 Å². The minimum Gasteiger partial charge on any atom is -0.381 e. The molecule has 1 unspecified atom stereocenters. The summed E-state index contributed by atoms with van der Waals surface area (Å²) >= 11 is 0. The van der Waals surface area contributed by atoms with Gasteiger partial charge in [0.1, 0.15) is 5.69 Å². The number of likely N-dealkylation sites (tertiary alicyclic amines) is 1. The Morgan fingerprint density at radius 2 is 1.81 bits per heavy atom. The van der Waals surface area contributed by atoms with Crippen molar-refractivity contribution in [1.29, 1.82) is 0 Å². The highest BCUT2D eigenvalue weighted by atomic mass is 16.5. The first-order chi connectivity index (χ1) is 13.2. The third-order valence-corrected chi connectivity index (χ3v) is 5.45. The zero-order valence-corrected chi connectivity index (χ0v) is 16.2. The van der Waals surface area contributed by atoms with E-state index in [9.17, 15) is 0 Å². The molecule has 2 saturated heterocycles. The van der Waals surface area contributed by atoms with Gasteiger partial charge in [0.2, 0.25) is 5.95 Å². The molecule has 0 bridgehead atoms. The van der Waals surface area contributed by atoms with Gasteiger partial charge >= 0.3 is 0 Å². The van der Waals surface area contributed by atoms with Gasteiger partial charge in [-0.3, -0.25) is 9.88 Å². The van der Waals surface area contributed by atoms with E-state index in [1.807, 2.05) is 19.9 Å². The maximum atomic E-state index is 5.52. The highest BCUT2D eigenvalue weighted by Gasteiger charge is 2.31. The molecule has 7 heteroatoms. The van der Waals surface area contributed by atoms with E-state index in [0.717, 1.165) is 74.4 Å². The summed E-state index contributed by atoms with van der Waals surface area (Å²) < 4.78 is 5.52. The fraction of sp³-hybridized carbons (Fsp3) is 0.600. The highest BCUT2D eigenvalue weighted by Crippen LogP contribution is 2.35. The molecule has 2 aromatic rings. The first-order valence-corrected chi connectivity index (χ1v) is 9.91. The normalized spacial score (nSPS) is 21.5. The van der Waals surface area contributed by atoms with Crippen LogP contribution in [0.25, 0.3) is 0 Å². The number of hydrogen-bond acceptors (Lipinski definition) is 7. The Bertz CT molecular complexity index is 757. The van der Waals surface area contributed by atoms with Crippen molar-refractivity contribution in [2.45, 2.75) is 45.6 Å². The summed E-state index contributed by atoms with van der Waals surface area (Å²) in [7, 11) is 0. The van der Waals surface area contributed by atoms with E-state index in [1.165, 1.54) is 6.42 Å². The van der Waals surface area contributed by atoms with Crippen LogP contribution >= 0.6 is 0 Å². The van der Waals surface area contributed by atoms with E-state index in [1.54, 1.807) is 12.4 Å². The lowest BCUT2D eigenvalue weighted by molar-refractivity contribution is 0.0504. The van der Waals surface area contributed by atoms with Crippen molar-refractivity contribution in [3.63, 3.8) is 0 Å². The van der Waals surface area contributed by atoms with Crippen LogP contribution in [0.1, 0.15) is 48.8 Å². The Labute approximate surface area is 160 Å². The highest BCUT2D eigenvalue weighted by molar-refractivity contribution is 5.52. The minimum absolute atomic E-state index is 0.301. The van der Waals surface area contributed by atoms with Crippen LogP contribution in [0.5, 0.6) is 0 Å². The number of ether oxygens (including phenoxy) is 1. The van der Waals surface area contributed by atoms with Crippen LogP contribution < -0.4 is 5.32 Å². The molecule has 0 aliphatic carbocycles. The molecule has 4 rings (SSSR count). The van der Waals surface area contributed by atoms with Gasteiger partial charge in [0.25, 0.3) is 0 Å². The molecule has 2 aliphatic heterocycles. The number of aryl methyl sites for hydroxylation is 2. The summed E-state index contributed by atoms with van der Waals surface area (Å²) in [6, 6.07) is 2.27. The Hall–Kier alpha value is -2.12. The molecule has 2 aromatic heterocycles. The zero-order chi connectivity index (χ0) is 18.6. The number of aromatic nitrogens is 4. The second-order valence-corrected chi connectivity index (χ2v) is 7.60. The summed E-state index contributed by atoms with van der Waals surface area (Å²) in [6.07, 6.45) is 8.14. The molecule has 4 heterocycles. The standard InChI is InChI=1S/C20H28N6O/c1-14-12-15(2)24-20(23-14)25-19-18(21-7-8-22-19)17-4-3-9-26(17)13-16-5-10-27-11-6-16/h7-8,12,16-17H,3-6,9-11,13H2,1-2H3,(H,22,23,24,25). The molecule has 7 nitrogen and oxygen atoms in total. The van der Waals surface area contributed by atoms with Crippen molar-refractivity contribution < 1.29 is 4.74 Å². The molecule has 1 atom stereocenters. The second-order valence-electron chi connectivity index (χ2n) is 7.60. The van der Waals surface area contributed by atoms with E-state index in [0.29, 0.717) is 12.0 Å². The van der Waals surface area contributed by atoms with Crippen LogP contribution in [0.3, 0.4) is 0 Å². The smallest absolute Gasteiger partial charge is 0.228 e. The van der Waals surface area contributed by atoms with Gasteiger partial charge in [-0.2, -0.15) is 0 Å². The number of rotatable bonds is 5. The van der Waals surface area contributed by atoms with Crippen LogP contribution in [-0.4, -0.2) is 51.1 Å². The largest absolute Gasteiger partial charge is 0.381 e. The maximum Gasteiger partial charge on any atom is 0.228 e. The molecular formula is C20H28N6O. The molecule has 0 spiro atoms. The SMILES string of the molecule is Cc1cc(C)nc(Nc2nccnc2C2CCCN2CC2CCOCC2)n1. The van der Waals surface area contributed by atoms with E-state index >= 15 is 0 Å². The van der Waals surface area contributed by atoms with Crippen LogP contribution in [0, 0.1) is 19.8 Å². The van der Waals surface area contributed by atoms with Gasteiger partial charge in [0.05, 0.1) is 6.04 Å². The molecule has 1 N–H and O–H groups in total. The van der Waals surface area contributed by atoms with Gasteiger partial charge in [-0.1, -0.05) is 0 Å². The Kier molecular flexibility index (Phi) is 5.59. The molecule has 0 radical (unpaired) electrons. The van der Waals surface area contributed by atoms with Crippen molar-refractivity contribution in [3.05, 3.63) is 35.5 Å². The average molecular weight is 368 g/mol. The van der Waals surface area contributed by atoms with Gasteiger partial charge < -0.3 is 10.1 Å².